The van der Waals surface area contributed by atoms with E-state index in [0.717, 1.165) is 10.5 Å². The van der Waals surface area contributed by atoms with Crippen molar-refractivity contribution in [2.24, 2.45) is 0 Å². The van der Waals surface area contributed by atoms with Crippen molar-refractivity contribution < 1.29 is 28.2 Å². The van der Waals surface area contributed by atoms with Crippen molar-refractivity contribution >= 4 is 33.4 Å². The van der Waals surface area contributed by atoms with E-state index in [9.17, 15) is 19.1 Å². The van der Waals surface area contributed by atoms with E-state index in [1.165, 1.54) is 30.4 Å². The predicted molar refractivity (Wildman–Crippen MR) is 114 cm³/mol. The van der Waals surface area contributed by atoms with Crippen molar-refractivity contribution in [1.29, 1.82) is 0 Å². The molecule has 1 aromatic heterocycles. The third kappa shape index (κ3) is 3.86. The zero-order valence-corrected chi connectivity index (χ0v) is 17.9. The number of furan rings is 1. The maximum absolute atomic E-state index is 14.2. The lowest BCUT2D eigenvalue weighted by Gasteiger charge is -2.24. The highest BCUT2D eigenvalue weighted by Gasteiger charge is 2.46. The second-order valence-electron chi connectivity index (χ2n) is 6.91. The highest BCUT2D eigenvalue weighted by atomic mass is 79.9. The SMILES string of the molecule is COc1ccc(C(O)=C2C(=O)C(=O)N(Cc3ccco3)[C@H]2c2cccc(Br)c2)cc1F. The molecule has 158 valence electrons. The molecule has 31 heavy (non-hydrogen) atoms. The first-order valence-corrected chi connectivity index (χ1v) is 10.1. The second-order valence-corrected chi connectivity index (χ2v) is 7.83. The molecule has 0 saturated carbocycles. The van der Waals surface area contributed by atoms with Crippen molar-refractivity contribution in [2.75, 3.05) is 7.11 Å². The number of ketones is 1. The van der Waals surface area contributed by atoms with Gasteiger partial charge in [0.05, 0.1) is 31.5 Å². The van der Waals surface area contributed by atoms with Gasteiger partial charge in [0.15, 0.2) is 11.6 Å². The Bertz CT molecular complexity index is 1190. The van der Waals surface area contributed by atoms with Crippen molar-refractivity contribution in [3.63, 3.8) is 0 Å². The molecular formula is C23H17BrFNO5. The van der Waals surface area contributed by atoms with Gasteiger partial charge in [-0.25, -0.2) is 4.39 Å². The number of aliphatic hydroxyl groups is 1. The smallest absolute Gasteiger partial charge is 0.296 e. The summed E-state index contributed by atoms with van der Waals surface area (Å²) in [4.78, 5) is 27.2. The Labute approximate surface area is 185 Å². The fourth-order valence-corrected chi connectivity index (χ4v) is 4.02. The van der Waals surface area contributed by atoms with Crippen LogP contribution in [0.15, 0.2) is 75.3 Å². The van der Waals surface area contributed by atoms with Crippen LogP contribution in [0.4, 0.5) is 4.39 Å². The Morgan fingerprint density at radius 1 is 1.19 bits per heavy atom. The van der Waals surface area contributed by atoms with Gasteiger partial charge in [-0.05, 0) is 48.0 Å². The molecule has 0 radical (unpaired) electrons. The maximum Gasteiger partial charge on any atom is 0.296 e. The number of ether oxygens (including phenoxy) is 1. The largest absolute Gasteiger partial charge is 0.507 e. The highest BCUT2D eigenvalue weighted by molar-refractivity contribution is 9.10. The molecular weight excluding hydrogens is 469 g/mol. The maximum atomic E-state index is 14.2. The number of amides is 1. The number of carbonyl (C=O) groups excluding carboxylic acids is 2. The lowest BCUT2D eigenvalue weighted by atomic mass is 9.95. The number of methoxy groups -OCH3 is 1. The Balaban J connectivity index is 1.87. The van der Waals surface area contributed by atoms with Gasteiger partial charge in [-0.2, -0.15) is 0 Å². The molecule has 0 spiro atoms. The lowest BCUT2D eigenvalue weighted by Crippen LogP contribution is -2.29. The molecule has 0 unspecified atom stereocenters. The number of aliphatic hydroxyl groups excluding tert-OH is 1. The molecule has 2 heterocycles. The number of hydrogen-bond acceptors (Lipinski definition) is 5. The third-order valence-electron chi connectivity index (χ3n) is 5.04. The average molecular weight is 486 g/mol. The van der Waals surface area contributed by atoms with Crippen molar-refractivity contribution in [3.05, 3.63) is 93.6 Å². The van der Waals surface area contributed by atoms with Crippen LogP contribution in [0.1, 0.15) is 22.9 Å². The van der Waals surface area contributed by atoms with E-state index in [4.69, 9.17) is 9.15 Å². The van der Waals surface area contributed by atoms with Crippen LogP contribution in [0.3, 0.4) is 0 Å². The number of rotatable bonds is 5. The first-order chi connectivity index (χ1) is 14.9. The van der Waals surface area contributed by atoms with E-state index in [-0.39, 0.29) is 23.4 Å². The van der Waals surface area contributed by atoms with Crippen LogP contribution in [-0.4, -0.2) is 28.8 Å². The zero-order chi connectivity index (χ0) is 22.1. The summed E-state index contributed by atoms with van der Waals surface area (Å²) in [6.07, 6.45) is 1.47. The number of benzene rings is 2. The molecule has 1 amide bonds. The summed E-state index contributed by atoms with van der Waals surface area (Å²) in [6.45, 7) is 0.0303. The van der Waals surface area contributed by atoms with Crippen LogP contribution in [0, 0.1) is 5.82 Å². The molecule has 0 bridgehead atoms. The molecule has 1 atom stereocenters. The fourth-order valence-electron chi connectivity index (χ4n) is 3.61. The van der Waals surface area contributed by atoms with Gasteiger partial charge in [0, 0.05) is 10.0 Å². The molecule has 0 aliphatic carbocycles. The molecule has 6 nitrogen and oxygen atoms in total. The van der Waals surface area contributed by atoms with Gasteiger partial charge in [-0.15, -0.1) is 0 Å². The molecule has 3 aromatic rings. The molecule has 4 rings (SSSR count). The van der Waals surface area contributed by atoms with E-state index in [0.29, 0.717) is 11.3 Å². The Morgan fingerprint density at radius 2 is 2.00 bits per heavy atom. The van der Waals surface area contributed by atoms with Crippen LogP contribution in [0.25, 0.3) is 5.76 Å². The normalized spacial score (nSPS) is 17.9. The van der Waals surface area contributed by atoms with Crippen LogP contribution < -0.4 is 4.74 Å². The topological polar surface area (TPSA) is 80.0 Å². The number of carbonyl (C=O) groups is 2. The van der Waals surface area contributed by atoms with Gasteiger partial charge in [0.2, 0.25) is 0 Å². The molecule has 1 aliphatic heterocycles. The van der Waals surface area contributed by atoms with E-state index in [2.05, 4.69) is 15.9 Å². The van der Waals surface area contributed by atoms with Gasteiger partial charge < -0.3 is 19.2 Å². The predicted octanol–water partition coefficient (Wildman–Crippen LogP) is 4.81. The van der Waals surface area contributed by atoms with Crippen LogP contribution in [0.2, 0.25) is 0 Å². The van der Waals surface area contributed by atoms with Crippen LogP contribution >= 0.6 is 15.9 Å². The first kappa shape index (κ1) is 20.9. The number of halogens is 2. The summed E-state index contributed by atoms with van der Waals surface area (Å²) in [6, 6.07) is 13.4. The van der Waals surface area contributed by atoms with Gasteiger partial charge in [0.1, 0.15) is 11.5 Å². The van der Waals surface area contributed by atoms with Crippen molar-refractivity contribution in [2.45, 2.75) is 12.6 Å². The summed E-state index contributed by atoms with van der Waals surface area (Å²) in [7, 11) is 1.32. The zero-order valence-electron chi connectivity index (χ0n) is 16.3. The Hall–Kier alpha value is -3.39. The van der Waals surface area contributed by atoms with Crippen LogP contribution in [-0.2, 0) is 16.1 Å². The van der Waals surface area contributed by atoms with Gasteiger partial charge in [0.25, 0.3) is 11.7 Å². The summed E-state index contributed by atoms with van der Waals surface area (Å²) in [5.41, 5.74) is 0.546. The molecule has 1 N–H and O–H groups in total. The molecule has 2 aromatic carbocycles. The second kappa shape index (κ2) is 8.39. The minimum absolute atomic E-state index is 0.00152. The molecule has 1 aliphatic rings. The van der Waals surface area contributed by atoms with E-state index >= 15 is 0 Å². The molecule has 1 fully saturated rings. The quantitative estimate of drug-likeness (QED) is 0.318. The minimum Gasteiger partial charge on any atom is -0.507 e. The molecule has 8 heteroatoms. The standard InChI is InChI=1S/C23H17BrFNO5/c1-30-18-8-7-14(11-17(18)25)21(27)19-20(13-4-2-5-15(24)10-13)26(23(29)22(19)28)12-16-6-3-9-31-16/h2-11,20,27H,12H2,1H3/t20-/m0/s1. The summed E-state index contributed by atoms with van der Waals surface area (Å²) in [5.74, 6) is -2.32. The number of likely N-dealkylation sites (tertiary alicyclic amines) is 1. The first-order valence-electron chi connectivity index (χ1n) is 9.31. The monoisotopic (exact) mass is 485 g/mol. The third-order valence-corrected chi connectivity index (χ3v) is 5.53. The minimum atomic E-state index is -0.882. The lowest BCUT2D eigenvalue weighted by molar-refractivity contribution is -0.140. The van der Waals surface area contributed by atoms with Crippen molar-refractivity contribution in [3.8, 4) is 5.75 Å². The van der Waals surface area contributed by atoms with Crippen molar-refractivity contribution in [1.82, 2.24) is 4.90 Å². The summed E-state index contributed by atoms with van der Waals surface area (Å²) >= 11 is 3.40. The number of hydrogen-bond donors (Lipinski definition) is 1. The van der Waals surface area contributed by atoms with Gasteiger partial charge in [-0.3, -0.25) is 9.59 Å². The summed E-state index contributed by atoms with van der Waals surface area (Å²) in [5, 5.41) is 11.0. The summed E-state index contributed by atoms with van der Waals surface area (Å²) < 4.78 is 25.2. The van der Waals surface area contributed by atoms with Gasteiger partial charge in [-0.1, -0.05) is 28.1 Å². The Morgan fingerprint density at radius 3 is 2.65 bits per heavy atom. The number of nitrogens with zero attached hydrogens (tertiary/aromatic N) is 1. The van der Waals surface area contributed by atoms with Gasteiger partial charge >= 0.3 is 0 Å². The fraction of sp³-hybridized carbons (Fsp3) is 0.130. The molecule has 1 saturated heterocycles. The highest BCUT2D eigenvalue weighted by Crippen LogP contribution is 2.41. The Kier molecular flexibility index (Phi) is 5.65. The average Bonchev–Trinajstić information content (AvgIpc) is 3.35. The van der Waals surface area contributed by atoms with E-state index < -0.39 is 29.3 Å². The number of Topliss-reactive ketones (excluding diaryl/α,β-unsaturated/α-hetero) is 1. The van der Waals surface area contributed by atoms with Crippen LogP contribution in [0.5, 0.6) is 5.75 Å². The van der Waals surface area contributed by atoms with E-state index in [1.54, 1.807) is 36.4 Å². The van der Waals surface area contributed by atoms with E-state index in [1.807, 2.05) is 0 Å².